The number of hydrogen-bond donors (Lipinski definition) is 1. The normalized spacial score (nSPS) is 17.0. The number of anilines is 1. The molecule has 0 bridgehead atoms. The molecule has 6 heteroatoms. The van der Waals surface area contributed by atoms with Crippen LogP contribution in [0.3, 0.4) is 0 Å². The monoisotopic (exact) mass is 241 g/mol. The van der Waals surface area contributed by atoms with Gasteiger partial charge < -0.3 is 15.2 Å². The Morgan fingerprint density at radius 3 is 3.12 bits per heavy atom. The van der Waals surface area contributed by atoms with Gasteiger partial charge in [-0.05, 0) is 13.2 Å². The van der Waals surface area contributed by atoms with Crippen LogP contribution >= 0.6 is 11.8 Å². The summed E-state index contributed by atoms with van der Waals surface area (Å²) in [6.07, 6.45) is 2.66. The Hall–Kier alpha value is -1.17. The molecule has 1 amide bonds. The Morgan fingerprint density at radius 1 is 1.69 bits per heavy atom. The van der Waals surface area contributed by atoms with Crippen LogP contribution < -0.4 is 5.73 Å². The number of nitrogen functional groups attached to an aromatic ring is 1. The van der Waals surface area contributed by atoms with E-state index in [0.29, 0.717) is 19.0 Å². The molecule has 0 saturated heterocycles. The second-order valence-electron chi connectivity index (χ2n) is 3.86. The van der Waals surface area contributed by atoms with E-state index < -0.39 is 0 Å². The smallest absolute Gasteiger partial charge is 0.235 e. The van der Waals surface area contributed by atoms with Crippen molar-refractivity contribution in [2.24, 2.45) is 0 Å². The van der Waals surface area contributed by atoms with Gasteiger partial charge in [0, 0.05) is 13.0 Å². The second-order valence-corrected chi connectivity index (χ2v) is 5.04. The van der Waals surface area contributed by atoms with Crippen LogP contribution in [0, 0.1) is 0 Å². The van der Waals surface area contributed by atoms with Crippen LogP contribution in [0.2, 0.25) is 0 Å². The molecule has 0 fully saturated rings. The number of nitrogens with zero attached hydrogens (tertiary/aromatic N) is 2. The third-order valence-electron chi connectivity index (χ3n) is 2.88. The largest absolute Gasteiger partial charge is 0.367 e. The van der Waals surface area contributed by atoms with E-state index in [2.05, 4.69) is 5.16 Å². The van der Waals surface area contributed by atoms with Crippen molar-refractivity contribution >= 4 is 23.6 Å². The van der Waals surface area contributed by atoms with E-state index in [1.54, 1.807) is 11.8 Å². The molecule has 2 N–H and O–H groups in total. The quantitative estimate of drug-likeness (QED) is 0.832. The van der Waals surface area contributed by atoms with Gasteiger partial charge in [-0.25, -0.2) is 0 Å². The number of rotatable bonds is 2. The molecule has 0 aliphatic carbocycles. The lowest BCUT2D eigenvalue weighted by molar-refractivity contribution is -0.131. The molecule has 1 aromatic rings. The molecule has 0 radical (unpaired) electrons. The molecule has 1 aliphatic rings. The van der Waals surface area contributed by atoms with Gasteiger partial charge in [-0.3, -0.25) is 4.79 Å². The number of amides is 1. The van der Waals surface area contributed by atoms with Crippen molar-refractivity contribution in [3.63, 3.8) is 0 Å². The minimum atomic E-state index is -0.0114. The fourth-order valence-electron chi connectivity index (χ4n) is 1.78. The van der Waals surface area contributed by atoms with E-state index in [4.69, 9.17) is 10.3 Å². The first kappa shape index (κ1) is 11.3. The van der Waals surface area contributed by atoms with Gasteiger partial charge in [0.1, 0.15) is 0 Å². The van der Waals surface area contributed by atoms with Crippen LogP contribution in [0.4, 0.5) is 5.88 Å². The maximum atomic E-state index is 12.0. The third-order valence-corrected chi connectivity index (χ3v) is 3.79. The van der Waals surface area contributed by atoms with Crippen LogP contribution in [-0.4, -0.2) is 34.0 Å². The maximum Gasteiger partial charge on any atom is 0.235 e. The molecule has 1 aliphatic heterocycles. The number of hydrogen-bond acceptors (Lipinski definition) is 5. The molecular formula is C10H15N3O2S. The van der Waals surface area contributed by atoms with Crippen molar-refractivity contribution in [1.29, 1.82) is 0 Å². The highest BCUT2D eigenvalue weighted by atomic mass is 32.2. The predicted molar refractivity (Wildman–Crippen MR) is 63.0 cm³/mol. The van der Waals surface area contributed by atoms with E-state index >= 15 is 0 Å². The SMILES string of the molecule is CSC(C)C(=O)N1CCc2noc(N)c2C1. The van der Waals surface area contributed by atoms with E-state index in [1.165, 1.54) is 0 Å². The summed E-state index contributed by atoms with van der Waals surface area (Å²) >= 11 is 1.55. The van der Waals surface area contributed by atoms with E-state index in [-0.39, 0.29) is 11.2 Å². The zero-order valence-corrected chi connectivity index (χ0v) is 10.2. The van der Waals surface area contributed by atoms with Crippen molar-refractivity contribution in [2.75, 3.05) is 18.5 Å². The molecule has 16 heavy (non-hydrogen) atoms. The molecule has 1 aromatic heterocycles. The molecule has 0 aromatic carbocycles. The number of nitrogens with two attached hydrogens (primary N) is 1. The highest BCUT2D eigenvalue weighted by Crippen LogP contribution is 2.24. The van der Waals surface area contributed by atoms with Crippen molar-refractivity contribution < 1.29 is 9.32 Å². The summed E-state index contributed by atoms with van der Waals surface area (Å²) in [7, 11) is 0. The summed E-state index contributed by atoms with van der Waals surface area (Å²) in [5, 5.41) is 3.86. The van der Waals surface area contributed by atoms with Crippen molar-refractivity contribution in [2.45, 2.75) is 25.1 Å². The number of carbonyl (C=O) groups excluding carboxylic acids is 1. The fraction of sp³-hybridized carbons (Fsp3) is 0.600. The highest BCUT2D eigenvalue weighted by Gasteiger charge is 2.27. The average Bonchev–Trinajstić information content (AvgIpc) is 2.68. The Labute approximate surface area is 98.3 Å². The van der Waals surface area contributed by atoms with Gasteiger partial charge in [0.15, 0.2) is 0 Å². The van der Waals surface area contributed by atoms with Crippen molar-refractivity contribution in [3.05, 3.63) is 11.3 Å². The van der Waals surface area contributed by atoms with Crippen LogP contribution in [0.1, 0.15) is 18.2 Å². The molecule has 2 heterocycles. The zero-order valence-electron chi connectivity index (χ0n) is 9.40. The number of fused-ring (bicyclic) bond motifs is 1. The Kier molecular flexibility index (Phi) is 3.09. The number of aromatic nitrogens is 1. The average molecular weight is 241 g/mol. The standard InChI is InChI=1S/C10H15N3O2S/c1-6(16-2)10(14)13-4-3-8-7(5-13)9(11)15-12-8/h6H,3-5,11H2,1-2H3. The fourth-order valence-corrected chi connectivity index (χ4v) is 2.13. The van der Waals surface area contributed by atoms with Crippen LogP contribution in [0.25, 0.3) is 0 Å². The molecule has 0 saturated carbocycles. The Morgan fingerprint density at radius 2 is 2.44 bits per heavy atom. The summed E-state index contributed by atoms with van der Waals surface area (Å²) in [5.41, 5.74) is 7.42. The van der Waals surface area contributed by atoms with Gasteiger partial charge >= 0.3 is 0 Å². The topological polar surface area (TPSA) is 72.4 Å². The first-order valence-corrected chi connectivity index (χ1v) is 6.46. The summed E-state index contributed by atoms with van der Waals surface area (Å²) in [6.45, 7) is 3.14. The lowest BCUT2D eigenvalue weighted by atomic mass is 10.1. The first-order valence-electron chi connectivity index (χ1n) is 5.18. The summed E-state index contributed by atoms with van der Waals surface area (Å²) in [6, 6.07) is 0. The molecule has 1 unspecified atom stereocenters. The van der Waals surface area contributed by atoms with Crippen molar-refractivity contribution in [1.82, 2.24) is 10.1 Å². The first-order chi connectivity index (χ1) is 7.63. The minimum Gasteiger partial charge on any atom is -0.367 e. The number of carbonyl (C=O) groups is 1. The number of thioether (sulfide) groups is 1. The van der Waals surface area contributed by atoms with E-state index in [9.17, 15) is 4.79 Å². The Bertz CT molecular complexity index is 405. The van der Waals surface area contributed by atoms with Crippen molar-refractivity contribution in [3.8, 4) is 0 Å². The second kappa shape index (κ2) is 4.37. The predicted octanol–water partition coefficient (Wildman–Crippen LogP) is 0.893. The van der Waals surface area contributed by atoms with Gasteiger partial charge in [-0.1, -0.05) is 5.16 Å². The molecule has 5 nitrogen and oxygen atoms in total. The minimum absolute atomic E-state index is 0.0114. The highest BCUT2D eigenvalue weighted by molar-refractivity contribution is 7.99. The Balaban J connectivity index is 2.13. The molecule has 0 spiro atoms. The van der Waals surface area contributed by atoms with Gasteiger partial charge in [0.25, 0.3) is 0 Å². The van der Waals surface area contributed by atoms with Gasteiger partial charge in [-0.2, -0.15) is 11.8 Å². The van der Waals surface area contributed by atoms with Gasteiger partial charge in [0.2, 0.25) is 11.8 Å². The molecule has 2 rings (SSSR count). The van der Waals surface area contributed by atoms with E-state index in [0.717, 1.165) is 17.7 Å². The molecule has 1 atom stereocenters. The van der Waals surface area contributed by atoms with Crippen LogP contribution in [0.15, 0.2) is 4.52 Å². The summed E-state index contributed by atoms with van der Waals surface area (Å²) in [5.74, 6) is 0.489. The summed E-state index contributed by atoms with van der Waals surface area (Å²) in [4.78, 5) is 13.8. The lowest BCUT2D eigenvalue weighted by Gasteiger charge is -2.28. The lowest BCUT2D eigenvalue weighted by Crippen LogP contribution is -2.40. The zero-order chi connectivity index (χ0) is 11.7. The van der Waals surface area contributed by atoms with Crippen LogP contribution in [0.5, 0.6) is 0 Å². The maximum absolute atomic E-state index is 12.0. The molecule has 88 valence electrons. The van der Waals surface area contributed by atoms with Gasteiger partial charge in [0.05, 0.1) is 23.1 Å². The third kappa shape index (κ3) is 1.89. The summed E-state index contributed by atoms with van der Waals surface area (Å²) < 4.78 is 4.92. The van der Waals surface area contributed by atoms with Crippen LogP contribution in [-0.2, 0) is 17.8 Å². The van der Waals surface area contributed by atoms with Gasteiger partial charge in [-0.15, -0.1) is 0 Å². The van der Waals surface area contributed by atoms with E-state index in [1.807, 2.05) is 18.1 Å². The molecular weight excluding hydrogens is 226 g/mol.